The van der Waals surface area contributed by atoms with Gasteiger partial charge in [0.1, 0.15) is 54.9 Å². The quantitative estimate of drug-likeness (QED) is 0.0501. The Morgan fingerprint density at radius 1 is 0.812 bits per heavy atom. The minimum Gasteiger partial charge on any atom is -0.463 e. The van der Waals surface area contributed by atoms with E-state index in [-0.39, 0.29) is 46.2 Å². The number of H-pyrrole nitrogens is 1. The molecule has 3 heterocycles. The Balaban J connectivity index is 1.10. The second-order valence-corrected chi connectivity index (χ2v) is 23.7. The Bertz CT molecular complexity index is 3370. The van der Waals surface area contributed by atoms with Crippen molar-refractivity contribution in [3.63, 3.8) is 0 Å². The molecule has 24 nitrogen and oxygen atoms in total. The highest BCUT2D eigenvalue weighted by Gasteiger charge is 2.77. The van der Waals surface area contributed by atoms with E-state index in [0.717, 1.165) is 24.6 Å². The zero-order valence-electron chi connectivity index (χ0n) is 47.2. The van der Waals surface area contributed by atoms with Crippen LogP contribution >= 0.6 is 15.9 Å². The Morgan fingerprint density at radius 2 is 1.44 bits per heavy atom. The largest absolute Gasteiger partial charge is 0.463 e. The van der Waals surface area contributed by atoms with Crippen LogP contribution in [0.25, 0.3) is 0 Å². The van der Waals surface area contributed by atoms with Gasteiger partial charge in [-0.05, 0) is 76.7 Å². The fourth-order valence-electron chi connectivity index (χ4n) is 13.0. The van der Waals surface area contributed by atoms with E-state index in [1.165, 1.54) is 19.1 Å². The van der Waals surface area contributed by atoms with Gasteiger partial charge in [-0.25, -0.2) is 14.4 Å². The lowest BCUT2D eigenvalue weighted by Gasteiger charge is -2.68. The van der Waals surface area contributed by atoms with E-state index in [1.807, 2.05) is 4.98 Å². The van der Waals surface area contributed by atoms with Crippen molar-refractivity contribution in [3.8, 4) is 0 Å². The number of carbonyl (C=O) groups excluding carboxylic acids is 7. The summed E-state index contributed by atoms with van der Waals surface area (Å²) < 4.78 is 50.0. The second kappa shape index (κ2) is 24.5. The number of aliphatic hydroxyl groups is 4. The van der Waals surface area contributed by atoms with Gasteiger partial charge < -0.3 is 63.6 Å². The van der Waals surface area contributed by atoms with Crippen molar-refractivity contribution < 1.29 is 91.9 Å². The van der Waals surface area contributed by atoms with Gasteiger partial charge in [0.25, 0.3) is 11.5 Å². The van der Waals surface area contributed by atoms with Crippen molar-refractivity contribution in [2.45, 2.75) is 152 Å². The summed E-state index contributed by atoms with van der Waals surface area (Å²) in [6, 6.07) is 22.6. The Labute approximate surface area is 494 Å². The van der Waals surface area contributed by atoms with Crippen LogP contribution in [0.1, 0.15) is 112 Å². The van der Waals surface area contributed by atoms with Crippen molar-refractivity contribution in [1.82, 2.24) is 14.9 Å². The molecule has 25 heteroatoms. The molecule has 9 rings (SSSR count). The van der Waals surface area contributed by atoms with E-state index in [0.29, 0.717) is 5.56 Å². The third kappa shape index (κ3) is 11.9. The number of nitrogens with one attached hydrogen (secondary N) is 2. The highest BCUT2D eigenvalue weighted by Crippen LogP contribution is 2.66. The normalized spacial score (nSPS) is 30.7. The van der Waals surface area contributed by atoms with E-state index in [1.54, 1.807) is 99.6 Å². The first kappa shape index (κ1) is 62.1. The van der Waals surface area contributed by atoms with Crippen molar-refractivity contribution in [3.05, 3.63) is 150 Å². The predicted octanol–water partition coefficient (Wildman–Crippen LogP) is 3.36. The van der Waals surface area contributed by atoms with E-state index in [4.69, 9.17) is 37.9 Å². The number of aromatic amines is 1. The van der Waals surface area contributed by atoms with E-state index in [9.17, 15) is 63.6 Å². The lowest BCUT2D eigenvalue weighted by Crippen LogP contribution is -2.80. The first-order valence-corrected chi connectivity index (χ1v) is 28.4. The summed E-state index contributed by atoms with van der Waals surface area (Å²) in [4.78, 5) is 125. The molecule has 2 saturated carbocycles. The van der Waals surface area contributed by atoms with Gasteiger partial charge in [0.05, 0.1) is 41.4 Å². The van der Waals surface area contributed by atoms with Gasteiger partial charge in [-0.3, -0.25) is 38.3 Å². The topological polar surface area (TPSA) is 341 Å². The molecule has 5 aliphatic rings. The number of carbonyl (C=O) groups is 7. The number of esters is 6. The summed E-state index contributed by atoms with van der Waals surface area (Å²) in [5.41, 5.74) is -8.56. The number of nitrogens with zero attached hydrogens (tertiary/aromatic N) is 1. The van der Waals surface area contributed by atoms with E-state index < -0.39 is 174 Å². The van der Waals surface area contributed by atoms with Gasteiger partial charge in [-0.1, -0.05) is 87.5 Å². The molecule has 3 aromatic carbocycles. The van der Waals surface area contributed by atoms with Crippen molar-refractivity contribution in [1.29, 1.82) is 0 Å². The number of hydrogen-bond donors (Lipinski definition) is 6. The molecular formula is C60H66BrN3O21. The van der Waals surface area contributed by atoms with Gasteiger partial charge in [-0.15, -0.1) is 0 Å². The Morgan fingerprint density at radius 3 is 2.05 bits per heavy atom. The van der Waals surface area contributed by atoms with Crippen LogP contribution in [-0.2, 0) is 61.9 Å². The lowest BCUT2D eigenvalue weighted by molar-refractivity contribution is -0.349. The van der Waals surface area contributed by atoms with Crippen molar-refractivity contribution in [2.24, 2.45) is 16.7 Å². The van der Waals surface area contributed by atoms with Gasteiger partial charge >= 0.3 is 41.5 Å². The number of ether oxygens (including phenoxy) is 8. The monoisotopic (exact) mass is 1240 g/mol. The second-order valence-electron chi connectivity index (χ2n) is 22.8. The molecule has 4 fully saturated rings. The Kier molecular flexibility index (Phi) is 17.9. The fourth-order valence-corrected chi connectivity index (χ4v) is 13.3. The van der Waals surface area contributed by atoms with Crippen LogP contribution in [-0.4, -0.2) is 151 Å². The van der Waals surface area contributed by atoms with Crippen molar-refractivity contribution >= 4 is 57.7 Å². The standard InChI is InChI=1S/C60H66BrN3O21/c1-30-37(82-55(75)45(70)43(33-16-10-7-11-17-33)62-51(72)34-18-12-8-13-19-34)26-60(77)50(84-54(74)35-20-14-9-15-21-35)48-58(6,25-24-39-59(48,29-79-39)85-32(3)66)49(47(80-31(2)65)42(30)57(60,4)5)83-41(68)23-22-40(67)78-28-38-44(69)46(71)53(81-38)64-27-36(61)52(73)63-56(64)76/h7-21,27,37-39,43-50,53,69-71,77H,22-26,28-29H2,1-6H3,(H,62,72)(H,63,73,76)/t37-,38+,39+,43-,44+,45+,46+,47+,48?,49-,50-,53+,58+,59-,60+/m0/s1. The zero-order valence-corrected chi connectivity index (χ0v) is 48.8. The number of benzene rings is 3. The number of halogens is 1. The number of aromatic nitrogens is 2. The first-order valence-electron chi connectivity index (χ1n) is 27.6. The SMILES string of the molecule is CC(=O)O[C@@H]1C2=C(C)[C@@H](OC(=O)[C@H](O)[C@@H](NC(=O)c3ccccc3)c3ccccc3)C[C@@](O)([C@@H](OC(=O)c3ccccc3)C3[C@@](C)(CC[C@H]4OC[C@@]34OC(C)=O)[C@H]1OC(=O)CCC(=O)OC[C@H]1O[C@@H](n3cc(Br)c(=O)[nH]c3=O)[C@H](O)[C@@H]1O)C2(C)C. The minimum atomic E-state index is -2.43. The lowest BCUT2D eigenvalue weighted by atomic mass is 9.45. The summed E-state index contributed by atoms with van der Waals surface area (Å²) in [7, 11) is 0. The van der Waals surface area contributed by atoms with Gasteiger partial charge in [0, 0.05) is 42.9 Å². The van der Waals surface area contributed by atoms with Crippen LogP contribution in [0.4, 0.5) is 0 Å². The number of hydrogen-bond acceptors (Lipinski definition) is 21. The molecule has 4 aromatic rings. The van der Waals surface area contributed by atoms with Crippen LogP contribution in [0, 0.1) is 16.7 Å². The maximum atomic E-state index is 14.8. The summed E-state index contributed by atoms with van der Waals surface area (Å²) in [6.07, 6.45) is -16.9. The molecule has 1 unspecified atom stereocenters. The molecule has 1 aromatic heterocycles. The van der Waals surface area contributed by atoms with Crippen LogP contribution in [0.3, 0.4) is 0 Å². The maximum absolute atomic E-state index is 14.8. The number of aliphatic hydroxyl groups excluding tert-OH is 3. The van der Waals surface area contributed by atoms with Gasteiger partial charge in [-0.2, -0.15) is 0 Å². The molecule has 15 atom stereocenters. The van der Waals surface area contributed by atoms with Crippen LogP contribution in [0.15, 0.2) is 122 Å². The highest BCUT2D eigenvalue weighted by atomic mass is 79.9. The van der Waals surface area contributed by atoms with Crippen LogP contribution in [0.2, 0.25) is 0 Å². The average molecular weight is 1250 g/mol. The summed E-state index contributed by atoms with van der Waals surface area (Å²) in [6.45, 7) is 7.58. The molecule has 1 amide bonds. The molecule has 2 aliphatic heterocycles. The number of amides is 1. The molecule has 2 bridgehead atoms. The van der Waals surface area contributed by atoms with Gasteiger partial charge in [0.15, 0.2) is 24.0 Å². The average Bonchev–Trinajstić information content (AvgIpc) is 0.996. The Hall–Kier alpha value is -7.39. The van der Waals surface area contributed by atoms with E-state index >= 15 is 0 Å². The highest BCUT2D eigenvalue weighted by molar-refractivity contribution is 9.10. The summed E-state index contributed by atoms with van der Waals surface area (Å²) in [5, 5.41) is 50.6. The van der Waals surface area contributed by atoms with Gasteiger partial charge in [0.2, 0.25) is 0 Å². The molecule has 0 spiro atoms. The van der Waals surface area contributed by atoms with E-state index in [2.05, 4.69) is 21.2 Å². The smallest absolute Gasteiger partial charge is 0.338 e. The zero-order chi connectivity index (χ0) is 61.5. The third-order valence-electron chi connectivity index (χ3n) is 17.3. The molecule has 3 aliphatic carbocycles. The summed E-state index contributed by atoms with van der Waals surface area (Å²) in [5.74, 6) is -8.09. The number of fused-ring (bicyclic) bond motifs is 5. The maximum Gasteiger partial charge on any atom is 0.338 e. The third-order valence-corrected chi connectivity index (χ3v) is 17.8. The molecular weight excluding hydrogens is 1180 g/mol. The van der Waals surface area contributed by atoms with Crippen LogP contribution < -0.4 is 16.6 Å². The molecule has 454 valence electrons. The van der Waals surface area contributed by atoms with Crippen molar-refractivity contribution in [2.75, 3.05) is 13.2 Å². The minimum absolute atomic E-state index is 0.00417. The number of rotatable bonds is 17. The fraction of sp³-hybridized carbons (Fsp3) is 0.483. The first-order chi connectivity index (χ1) is 40.2. The molecule has 6 N–H and O–H groups in total. The molecule has 2 saturated heterocycles. The molecule has 0 radical (unpaired) electrons. The summed E-state index contributed by atoms with van der Waals surface area (Å²) >= 11 is 3.00. The van der Waals surface area contributed by atoms with Crippen LogP contribution in [0.5, 0.6) is 0 Å². The molecule has 85 heavy (non-hydrogen) atoms. The predicted molar refractivity (Wildman–Crippen MR) is 296 cm³/mol.